The van der Waals surface area contributed by atoms with Crippen molar-refractivity contribution in [3.63, 3.8) is 0 Å². The first-order chi connectivity index (χ1) is 19.2. The van der Waals surface area contributed by atoms with E-state index in [2.05, 4.69) is 71.8 Å². The summed E-state index contributed by atoms with van der Waals surface area (Å²) in [7, 11) is -2.90. The third-order valence-electron chi connectivity index (χ3n) is 7.94. The average Bonchev–Trinajstić information content (AvgIpc) is 2.95. The number of piperazine rings is 1. The van der Waals surface area contributed by atoms with Gasteiger partial charge in [0.05, 0.1) is 36.5 Å². The van der Waals surface area contributed by atoms with E-state index < -0.39 is 7.14 Å². The van der Waals surface area contributed by atoms with E-state index in [0.717, 1.165) is 29.2 Å². The predicted molar refractivity (Wildman–Crippen MR) is 160 cm³/mol. The number of pyridine rings is 1. The molecule has 2 aromatic carbocycles. The smallest absolute Gasteiger partial charge is 0.246 e. The van der Waals surface area contributed by atoms with E-state index >= 15 is 0 Å². The average molecular weight is 553 g/mol. The van der Waals surface area contributed by atoms with Gasteiger partial charge < -0.3 is 19.3 Å². The molecule has 8 nitrogen and oxygen atoms in total. The zero-order chi connectivity index (χ0) is 28.6. The van der Waals surface area contributed by atoms with Crippen LogP contribution in [-0.2, 0) is 22.3 Å². The highest BCUT2D eigenvalue weighted by Gasteiger charge is 2.36. The monoisotopic (exact) mass is 552 g/mol. The van der Waals surface area contributed by atoms with Crippen LogP contribution in [0, 0.1) is 29.6 Å². The van der Waals surface area contributed by atoms with Gasteiger partial charge in [0.15, 0.2) is 0 Å². The maximum Gasteiger partial charge on any atom is 0.246 e. The second-order valence-electron chi connectivity index (χ2n) is 10.9. The molecule has 2 aliphatic rings. The maximum atomic E-state index is 13.5. The van der Waals surface area contributed by atoms with Crippen LogP contribution >= 0.6 is 7.14 Å². The number of hydrogen-bond acceptors (Lipinski definition) is 7. The quantitative estimate of drug-likeness (QED) is 0.343. The van der Waals surface area contributed by atoms with Crippen molar-refractivity contribution < 1.29 is 9.36 Å². The van der Waals surface area contributed by atoms with E-state index in [1.165, 1.54) is 22.4 Å². The number of carbonyl (C=O) groups is 1. The van der Waals surface area contributed by atoms with Gasteiger partial charge in [0.2, 0.25) is 5.91 Å². The topological polar surface area (TPSA) is 104 Å². The van der Waals surface area contributed by atoms with Crippen LogP contribution in [0.4, 0.5) is 11.4 Å². The number of amides is 1. The molecule has 0 saturated carbocycles. The van der Waals surface area contributed by atoms with Gasteiger partial charge in [0.25, 0.3) is 0 Å². The third-order valence-corrected chi connectivity index (χ3v) is 9.29. The van der Waals surface area contributed by atoms with Crippen molar-refractivity contribution in [2.45, 2.75) is 32.4 Å². The van der Waals surface area contributed by atoms with Crippen molar-refractivity contribution >= 4 is 40.6 Å². The van der Waals surface area contributed by atoms with Crippen LogP contribution in [0.25, 0.3) is 10.8 Å². The lowest BCUT2D eigenvalue weighted by molar-refractivity contribution is -0.128. The number of fused-ring (bicyclic) bond motifs is 2. The molecule has 0 unspecified atom stereocenters. The summed E-state index contributed by atoms with van der Waals surface area (Å²) in [5.41, 5.74) is 5.61. The molecule has 0 aliphatic carbocycles. The van der Waals surface area contributed by atoms with Gasteiger partial charge >= 0.3 is 0 Å². The van der Waals surface area contributed by atoms with Crippen molar-refractivity contribution in [1.82, 2.24) is 9.88 Å². The molecule has 5 rings (SSSR count). The van der Waals surface area contributed by atoms with E-state index in [4.69, 9.17) is 4.98 Å². The number of aryl methyl sites for hydroxylation is 1. The first-order valence-corrected chi connectivity index (χ1v) is 16.1. The number of nitrogens with zero attached hydrogens (tertiary/aromatic N) is 6. The molecule has 2 aliphatic heterocycles. The van der Waals surface area contributed by atoms with Gasteiger partial charge in [-0.25, -0.2) is 4.98 Å². The maximum absolute atomic E-state index is 13.5. The lowest BCUT2D eigenvalue weighted by Crippen LogP contribution is -2.55. The van der Waals surface area contributed by atoms with Crippen molar-refractivity contribution in [2.75, 3.05) is 49.3 Å². The van der Waals surface area contributed by atoms with Crippen LogP contribution in [0.5, 0.6) is 0 Å². The molecule has 1 fully saturated rings. The van der Waals surface area contributed by atoms with Gasteiger partial charge in [-0.15, -0.1) is 0 Å². The normalized spacial score (nSPS) is 17.2. The van der Waals surface area contributed by atoms with Gasteiger partial charge in [-0.3, -0.25) is 4.79 Å². The molecule has 0 N–H and O–H groups in total. The summed E-state index contributed by atoms with van der Waals surface area (Å²) in [5, 5.41) is 22.2. The second-order valence-corrected chi connectivity index (χ2v) is 14.0. The Morgan fingerprint density at radius 1 is 1.15 bits per heavy atom. The molecular weight excluding hydrogens is 519 g/mol. The summed E-state index contributed by atoms with van der Waals surface area (Å²) in [4.78, 5) is 23.5. The lowest BCUT2D eigenvalue weighted by atomic mass is 9.96. The van der Waals surface area contributed by atoms with Gasteiger partial charge in [0.1, 0.15) is 24.2 Å². The van der Waals surface area contributed by atoms with Crippen LogP contribution in [0.2, 0.25) is 0 Å². The van der Waals surface area contributed by atoms with Crippen LogP contribution in [-0.4, -0.2) is 61.3 Å². The Bertz CT molecular complexity index is 1640. The second kappa shape index (κ2) is 10.8. The molecule has 0 bridgehead atoms. The minimum Gasteiger partial charge on any atom is -0.366 e. The summed E-state index contributed by atoms with van der Waals surface area (Å²) in [6.45, 7) is 11.6. The fraction of sp³-hybridized carbons (Fsp3) is 0.355. The first kappa shape index (κ1) is 27.4. The molecule has 1 aromatic heterocycles. The summed E-state index contributed by atoms with van der Waals surface area (Å²) in [5.74, 6) is -0.203. The minimum absolute atomic E-state index is 0.173. The fourth-order valence-electron chi connectivity index (χ4n) is 6.11. The molecule has 9 heteroatoms. The van der Waals surface area contributed by atoms with Crippen LogP contribution in [0.15, 0.2) is 49.1 Å². The zero-order valence-corrected chi connectivity index (χ0v) is 24.1. The van der Waals surface area contributed by atoms with E-state index in [1.807, 2.05) is 0 Å². The van der Waals surface area contributed by atoms with Gasteiger partial charge in [-0.1, -0.05) is 36.9 Å². The fourth-order valence-corrected chi connectivity index (χ4v) is 7.16. The molecule has 3 heterocycles. The highest BCUT2D eigenvalue weighted by atomic mass is 31.2. The van der Waals surface area contributed by atoms with E-state index in [9.17, 15) is 19.9 Å². The predicted octanol–water partition coefficient (Wildman–Crippen LogP) is 4.34. The lowest BCUT2D eigenvalue weighted by Gasteiger charge is -2.43. The Morgan fingerprint density at radius 3 is 2.58 bits per heavy atom. The molecule has 40 heavy (non-hydrogen) atoms. The van der Waals surface area contributed by atoms with Crippen molar-refractivity contribution in [1.29, 1.82) is 10.5 Å². The number of hydrogen-bond donors (Lipinski definition) is 0. The Balaban J connectivity index is 1.62. The number of aromatic nitrogens is 1. The summed E-state index contributed by atoms with van der Waals surface area (Å²) >= 11 is 0. The number of nitriles is 2. The molecule has 1 saturated heterocycles. The molecule has 1 atom stereocenters. The van der Waals surface area contributed by atoms with Crippen molar-refractivity contribution in [3.8, 4) is 12.1 Å². The number of carbonyl (C=O) groups excluding carboxylic acids is 1. The minimum atomic E-state index is -2.90. The molecule has 0 spiro atoms. The molecule has 3 aromatic rings. The van der Waals surface area contributed by atoms with Crippen LogP contribution in [0.1, 0.15) is 28.8 Å². The summed E-state index contributed by atoms with van der Waals surface area (Å²) in [6.07, 6.45) is 2.12. The Labute approximate surface area is 235 Å². The largest absolute Gasteiger partial charge is 0.366 e. The molecule has 1 amide bonds. The van der Waals surface area contributed by atoms with Crippen molar-refractivity contribution in [2.24, 2.45) is 0 Å². The van der Waals surface area contributed by atoms with E-state index in [1.54, 1.807) is 18.2 Å². The Morgan fingerprint density at radius 2 is 1.90 bits per heavy atom. The van der Waals surface area contributed by atoms with Crippen molar-refractivity contribution in [3.05, 3.63) is 71.4 Å². The molecule has 204 valence electrons. The Kier molecular flexibility index (Phi) is 7.41. The molecule has 0 radical (unpaired) electrons. The third kappa shape index (κ3) is 4.85. The van der Waals surface area contributed by atoms with Gasteiger partial charge in [-0.2, -0.15) is 10.5 Å². The summed E-state index contributed by atoms with van der Waals surface area (Å²) < 4.78 is 13.5. The van der Waals surface area contributed by atoms with Gasteiger partial charge in [-0.05, 0) is 49.8 Å². The number of rotatable bonds is 5. The zero-order valence-electron chi connectivity index (χ0n) is 23.2. The van der Waals surface area contributed by atoms with Crippen LogP contribution in [0.3, 0.4) is 0 Å². The first-order valence-electron chi connectivity index (χ1n) is 13.5. The molecular formula is C31H33N6O2P. The van der Waals surface area contributed by atoms with Crippen LogP contribution < -0.4 is 15.2 Å². The van der Waals surface area contributed by atoms with E-state index in [-0.39, 0.29) is 18.4 Å². The Hall–Kier alpha value is -4.13. The highest BCUT2D eigenvalue weighted by Crippen LogP contribution is 2.42. The van der Waals surface area contributed by atoms with E-state index in [0.29, 0.717) is 43.6 Å². The number of anilines is 2. The summed E-state index contributed by atoms with van der Waals surface area (Å²) in [6, 6.07) is 16.8. The SMILES string of the molecule is C=CC(=O)N1CCN(c2c(C#N)c(P(C)(C)=O)nc3c2CCN(c2cccc4cccc(C)c24)C3)C[C@@H]1CC#N. The van der Waals surface area contributed by atoms with Gasteiger partial charge in [0, 0.05) is 42.8 Å². The number of benzene rings is 2. The standard InChI is InChI=1S/C31H33N6O2P/c1-5-28(38)37-17-16-36(19-23(37)12-14-32)30-24-13-15-35(20-26(24)34-31(25(30)18-33)40(3,4)39)27-11-7-10-22-9-6-8-21(2)29(22)27/h5-11,23H,1,12-13,15-17,19-20H2,2-4H3/t23-/m0/s1. The highest BCUT2D eigenvalue weighted by molar-refractivity contribution is 7.70.